The molecular weight excluding hydrogens is 252 g/mol. The Labute approximate surface area is 110 Å². The van der Waals surface area contributed by atoms with Crippen molar-refractivity contribution >= 4 is 28.9 Å². The molecule has 2 aromatic rings. The molecule has 0 unspecified atom stereocenters. The lowest BCUT2D eigenvalue weighted by atomic mass is 10.2. The molecule has 0 aliphatic heterocycles. The molecule has 0 aliphatic rings. The number of hydrogen-bond acceptors (Lipinski definition) is 5. The second kappa shape index (κ2) is 5.10. The first-order valence-corrected chi connectivity index (χ1v) is 5.66. The van der Waals surface area contributed by atoms with Gasteiger partial charge in [-0.05, 0) is 18.6 Å². The van der Waals surface area contributed by atoms with E-state index in [1.807, 2.05) is 13.0 Å². The van der Waals surface area contributed by atoms with E-state index in [1.54, 1.807) is 19.2 Å². The molecule has 1 aromatic carbocycles. The van der Waals surface area contributed by atoms with Gasteiger partial charge in [0.15, 0.2) is 0 Å². The number of nitrogens with zero attached hydrogens (tertiary/aromatic N) is 2. The van der Waals surface area contributed by atoms with Crippen LogP contribution in [0.2, 0.25) is 5.02 Å². The Balaban J connectivity index is 2.36. The van der Waals surface area contributed by atoms with E-state index in [9.17, 15) is 0 Å². The molecule has 1 heterocycles. The largest absolute Gasteiger partial charge is 0.495 e. The average Bonchev–Trinajstić information content (AvgIpc) is 2.33. The SMILES string of the molecule is COc1cc(Cl)c(C)cc1Nc1cc(N)ncn1. The Kier molecular flexibility index (Phi) is 3.53. The summed E-state index contributed by atoms with van der Waals surface area (Å²) in [6.07, 6.45) is 1.40. The Morgan fingerprint density at radius 2 is 2.06 bits per heavy atom. The zero-order valence-corrected chi connectivity index (χ0v) is 10.8. The van der Waals surface area contributed by atoms with Crippen molar-refractivity contribution in [3.63, 3.8) is 0 Å². The summed E-state index contributed by atoms with van der Waals surface area (Å²) in [7, 11) is 1.58. The molecule has 0 aliphatic carbocycles. The number of ether oxygens (including phenoxy) is 1. The van der Waals surface area contributed by atoms with Crippen LogP contribution in [0.5, 0.6) is 5.75 Å². The van der Waals surface area contributed by atoms with Crippen LogP contribution in [0.25, 0.3) is 0 Å². The Bertz CT molecular complexity index is 574. The van der Waals surface area contributed by atoms with Crippen molar-refractivity contribution in [2.45, 2.75) is 6.92 Å². The highest BCUT2D eigenvalue weighted by Gasteiger charge is 2.08. The summed E-state index contributed by atoms with van der Waals surface area (Å²) < 4.78 is 5.26. The van der Waals surface area contributed by atoms with Crippen LogP contribution in [0.1, 0.15) is 5.56 Å². The fourth-order valence-corrected chi connectivity index (χ4v) is 1.66. The lowest BCUT2D eigenvalue weighted by Crippen LogP contribution is -1.99. The highest BCUT2D eigenvalue weighted by molar-refractivity contribution is 6.31. The van der Waals surface area contributed by atoms with Crippen molar-refractivity contribution in [2.24, 2.45) is 0 Å². The number of rotatable bonds is 3. The van der Waals surface area contributed by atoms with E-state index in [2.05, 4.69) is 15.3 Å². The van der Waals surface area contributed by atoms with Crippen LogP contribution in [-0.4, -0.2) is 17.1 Å². The number of aryl methyl sites for hydroxylation is 1. The van der Waals surface area contributed by atoms with Crippen molar-refractivity contribution in [1.82, 2.24) is 9.97 Å². The number of aromatic nitrogens is 2. The maximum Gasteiger partial charge on any atom is 0.143 e. The summed E-state index contributed by atoms with van der Waals surface area (Å²) in [6, 6.07) is 5.28. The number of nitrogens with two attached hydrogens (primary N) is 1. The summed E-state index contributed by atoms with van der Waals surface area (Å²) in [5.41, 5.74) is 7.32. The van der Waals surface area contributed by atoms with Crippen LogP contribution in [0, 0.1) is 6.92 Å². The summed E-state index contributed by atoms with van der Waals surface area (Å²) in [5, 5.41) is 3.77. The average molecular weight is 265 g/mol. The zero-order chi connectivity index (χ0) is 13.1. The van der Waals surface area contributed by atoms with Gasteiger partial charge in [-0.3, -0.25) is 0 Å². The van der Waals surface area contributed by atoms with Crippen LogP contribution in [-0.2, 0) is 0 Å². The van der Waals surface area contributed by atoms with Gasteiger partial charge in [0, 0.05) is 17.2 Å². The van der Waals surface area contributed by atoms with Gasteiger partial charge in [-0.25, -0.2) is 9.97 Å². The lowest BCUT2D eigenvalue weighted by Gasteiger charge is -2.12. The molecule has 0 atom stereocenters. The normalized spacial score (nSPS) is 10.2. The summed E-state index contributed by atoms with van der Waals surface area (Å²) in [5.74, 6) is 1.64. The van der Waals surface area contributed by atoms with Crippen LogP contribution < -0.4 is 15.8 Å². The Morgan fingerprint density at radius 1 is 1.28 bits per heavy atom. The number of anilines is 3. The third kappa shape index (κ3) is 2.62. The van der Waals surface area contributed by atoms with Crippen LogP contribution in [0.3, 0.4) is 0 Å². The molecule has 3 N–H and O–H groups in total. The summed E-state index contributed by atoms with van der Waals surface area (Å²) in [4.78, 5) is 7.90. The minimum absolute atomic E-state index is 0.400. The molecule has 0 saturated carbocycles. The van der Waals surface area contributed by atoms with Crippen molar-refractivity contribution in [1.29, 1.82) is 0 Å². The first kappa shape index (κ1) is 12.4. The van der Waals surface area contributed by atoms with Gasteiger partial charge >= 0.3 is 0 Å². The predicted octanol–water partition coefficient (Wildman–Crippen LogP) is 2.77. The molecule has 5 nitrogen and oxygen atoms in total. The monoisotopic (exact) mass is 264 g/mol. The van der Waals surface area contributed by atoms with Crippen LogP contribution >= 0.6 is 11.6 Å². The van der Waals surface area contributed by atoms with Gasteiger partial charge in [0.25, 0.3) is 0 Å². The molecule has 2 rings (SSSR count). The second-order valence-corrected chi connectivity index (χ2v) is 4.16. The number of methoxy groups -OCH3 is 1. The predicted molar refractivity (Wildman–Crippen MR) is 72.5 cm³/mol. The second-order valence-electron chi connectivity index (χ2n) is 3.75. The van der Waals surface area contributed by atoms with Gasteiger partial charge in [0.05, 0.1) is 12.8 Å². The van der Waals surface area contributed by atoms with Gasteiger partial charge < -0.3 is 15.8 Å². The molecule has 0 bridgehead atoms. The van der Waals surface area contributed by atoms with Gasteiger partial charge in [0.2, 0.25) is 0 Å². The Hall–Kier alpha value is -2.01. The molecule has 0 amide bonds. The molecule has 0 radical (unpaired) electrons. The molecule has 6 heteroatoms. The molecule has 94 valence electrons. The van der Waals surface area contributed by atoms with Crippen LogP contribution in [0.15, 0.2) is 24.5 Å². The molecule has 0 saturated heterocycles. The van der Waals surface area contributed by atoms with Gasteiger partial charge in [-0.15, -0.1) is 0 Å². The lowest BCUT2D eigenvalue weighted by molar-refractivity contribution is 0.416. The number of nitrogen functional groups attached to an aromatic ring is 1. The highest BCUT2D eigenvalue weighted by atomic mass is 35.5. The molecule has 0 fully saturated rings. The summed E-state index contributed by atoms with van der Waals surface area (Å²) >= 11 is 6.04. The third-order valence-corrected chi connectivity index (χ3v) is 2.84. The molecule has 0 spiro atoms. The summed E-state index contributed by atoms with van der Waals surface area (Å²) in [6.45, 7) is 1.92. The first-order valence-electron chi connectivity index (χ1n) is 5.29. The van der Waals surface area contributed by atoms with Gasteiger partial charge in [-0.2, -0.15) is 0 Å². The topological polar surface area (TPSA) is 73.1 Å². The quantitative estimate of drug-likeness (QED) is 0.892. The number of benzene rings is 1. The van der Waals surface area contributed by atoms with Crippen molar-refractivity contribution in [3.8, 4) is 5.75 Å². The van der Waals surface area contributed by atoms with E-state index < -0.39 is 0 Å². The van der Waals surface area contributed by atoms with Gasteiger partial charge in [-0.1, -0.05) is 11.6 Å². The smallest absolute Gasteiger partial charge is 0.143 e. The van der Waals surface area contributed by atoms with Crippen molar-refractivity contribution in [3.05, 3.63) is 35.1 Å². The van der Waals surface area contributed by atoms with E-state index >= 15 is 0 Å². The van der Waals surface area contributed by atoms with Crippen molar-refractivity contribution in [2.75, 3.05) is 18.2 Å². The number of nitrogens with one attached hydrogen (secondary N) is 1. The maximum absolute atomic E-state index is 6.04. The van der Waals surface area contributed by atoms with Gasteiger partial charge in [0.1, 0.15) is 23.7 Å². The van der Waals surface area contributed by atoms with E-state index in [1.165, 1.54) is 6.33 Å². The standard InChI is InChI=1S/C12H13ClN4O/c1-7-3-9(10(18-2)4-8(7)13)17-12-5-11(14)15-6-16-12/h3-6H,1-2H3,(H3,14,15,16,17). The minimum Gasteiger partial charge on any atom is -0.495 e. The van der Waals surface area contributed by atoms with E-state index in [4.69, 9.17) is 22.1 Å². The molecular formula is C12H13ClN4O. The van der Waals surface area contributed by atoms with Crippen LogP contribution in [0.4, 0.5) is 17.3 Å². The fourth-order valence-electron chi connectivity index (χ4n) is 1.51. The maximum atomic E-state index is 6.04. The molecule has 18 heavy (non-hydrogen) atoms. The van der Waals surface area contributed by atoms with E-state index in [0.717, 1.165) is 11.3 Å². The zero-order valence-electron chi connectivity index (χ0n) is 10.1. The first-order chi connectivity index (χ1) is 8.60. The third-order valence-electron chi connectivity index (χ3n) is 2.43. The molecule has 1 aromatic heterocycles. The van der Waals surface area contributed by atoms with E-state index in [-0.39, 0.29) is 0 Å². The number of halogens is 1. The Morgan fingerprint density at radius 3 is 2.72 bits per heavy atom. The fraction of sp³-hybridized carbons (Fsp3) is 0.167. The number of hydrogen-bond donors (Lipinski definition) is 2. The van der Waals surface area contributed by atoms with Crippen molar-refractivity contribution < 1.29 is 4.74 Å². The van der Waals surface area contributed by atoms with E-state index in [0.29, 0.717) is 22.4 Å². The minimum atomic E-state index is 0.400. The highest BCUT2D eigenvalue weighted by Crippen LogP contribution is 2.32.